The molecule has 2 aliphatic rings. The van der Waals surface area contributed by atoms with Crippen LogP contribution >= 0.6 is 0 Å². The summed E-state index contributed by atoms with van der Waals surface area (Å²) < 4.78 is 51.0. The van der Waals surface area contributed by atoms with E-state index in [4.69, 9.17) is 9.47 Å². The third-order valence-corrected chi connectivity index (χ3v) is 5.35. The number of aliphatic hydroxyl groups excluding tert-OH is 1. The predicted octanol–water partition coefficient (Wildman–Crippen LogP) is 4.35. The third kappa shape index (κ3) is 3.82. The third-order valence-electron chi connectivity index (χ3n) is 5.35. The van der Waals surface area contributed by atoms with Crippen molar-refractivity contribution in [3.8, 4) is 11.5 Å². The number of alkyl halides is 3. The van der Waals surface area contributed by atoms with E-state index in [-0.39, 0.29) is 18.2 Å². The Morgan fingerprint density at radius 2 is 1.82 bits per heavy atom. The van der Waals surface area contributed by atoms with Gasteiger partial charge in [0.2, 0.25) is 0 Å². The summed E-state index contributed by atoms with van der Waals surface area (Å²) in [7, 11) is 0. The van der Waals surface area contributed by atoms with Gasteiger partial charge in [-0.05, 0) is 48.7 Å². The maximum Gasteiger partial charge on any atom is 0.416 e. The Bertz CT molecular complexity index is 840. The lowest BCUT2D eigenvalue weighted by Gasteiger charge is -2.29. The zero-order valence-corrected chi connectivity index (χ0v) is 15.3. The number of aliphatic hydroxyl groups is 1. The van der Waals surface area contributed by atoms with E-state index in [0.717, 1.165) is 31.0 Å². The van der Waals surface area contributed by atoms with Crippen LogP contribution in [0.5, 0.6) is 11.5 Å². The summed E-state index contributed by atoms with van der Waals surface area (Å²) in [6.45, 7) is 1.89. The summed E-state index contributed by atoms with van der Waals surface area (Å²) in [6.07, 6.45) is -3.90. The van der Waals surface area contributed by atoms with Crippen LogP contribution in [0.4, 0.5) is 13.2 Å². The molecule has 2 aliphatic heterocycles. The molecule has 2 atom stereocenters. The molecule has 0 radical (unpaired) electrons. The van der Waals surface area contributed by atoms with Gasteiger partial charge in [0.05, 0.1) is 11.7 Å². The summed E-state index contributed by atoms with van der Waals surface area (Å²) in [5.74, 6) is 1.40. The number of likely N-dealkylation sites (tertiary alicyclic amines) is 1. The first-order chi connectivity index (χ1) is 13.4. The average Bonchev–Trinajstić information content (AvgIpc) is 3.15. The molecule has 2 heterocycles. The molecule has 150 valence electrons. The van der Waals surface area contributed by atoms with E-state index in [9.17, 15) is 18.3 Å². The number of hydrogen-bond acceptors (Lipinski definition) is 4. The van der Waals surface area contributed by atoms with E-state index < -0.39 is 17.8 Å². The van der Waals surface area contributed by atoms with Crippen molar-refractivity contribution in [2.24, 2.45) is 0 Å². The summed E-state index contributed by atoms with van der Waals surface area (Å²) in [5.41, 5.74) is 0.165. The van der Waals surface area contributed by atoms with Crippen LogP contribution in [0.2, 0.25) is 0 Å². The van der Waals surface area contributed by atoms with Gasteiger partial charge in [0.1, 0.15) is 13.2 Å². The molecule has 0 amide bonds. The molecule has 0 aliphatic carbocycles. The topological polar surface area (TPSA) is 41.9 Å². The molecule has 2 aromatic rings. The average molecular weight is 393 g/mol. The second-order valence-electron chi connectivity index (χ2n) is 7.16. The zero-order chi connectivity index (χ0) is 19.7. The minimum atomic E-state index is -4.49. The first kappa shape index (κ1) is 19.1. The molecular weight excluding hydrogens is 371 g/mol. The first-order valence-corrected chi connectivity index (χ1v) is 9.41. The maximum absolute atomic E-state index is 13.3. The van der Waals surface area contributed by atoms with Crippen LogP contribution in [0.15, 0.2) is 42.5 Å². The molecule has 0 saturated carbocycles. The standard InChI is InChI=1S/C21H22F3NO3/c22-21(23,24)16-5-2-1-4-15(16)18(26)13-25-9-3-6-17(25)14-7-8-19-20(12-14)28-11-10-27-19/h1-2,4-5,7-8,12,17-18,26H,3,6,9-11,13H2/t17-,18+/m0/s1. The van der Waals surface area contributed by atoms with Gasteiger partial charge < -0.3 is 14.6 Å². The number of hydrogen-bond donors (Lipinski definition) is 1. The van der Waals surface area contributed by atoms with Crippen LogP contribution in [0.1, 0.15) is 41.7 Å². The fourth-order valence-electron chi connectivity index (χ4n) is 4.06. The van der Waals surface area contributed by atoms with Crippen LogP contribution in [0.25, 0.3) is 0 Å². The highest BCUT2D eigenvalue weighted by atomic mass is 19.4. The van der Waals surface area contributed by atoms with Crippen molar-refractivity contribution >= 4 is 0 Å². The van der Waals surface area contributed by atoms with E-state index >= 15 is 0 Å². The van der Waals surface area contributed by atoms with E-state index in [0.29, 0.717) is 24.7 Å². The SMILES string of the molecule is O[C@H](CN1CCC[C@H]1c1ccc2c(c1)OCCO2)c1ccccc1C(F)(F)F. The quantitative estimate of drug-likeness (QED) is 0.839. The Labute approximate surface area is 161 Å². The van der Waals surface area contributed by atoms with Crippen LogP contribution in [0, 0.1) is 0 Å². The maximum atomic E-state index is 13.3. The fourth-order valence-corrected chi connectivity index (χ4v) is 4.06. The highest BCUT2D eigenvalue weighted by Crippen LogP contribution is 2.40. The van der Waals surface area contributed by atoms with Crippen LogP contribution < -0.4 is 9.47 Å². The summed E-state index contributed by atoms with van der Waals surface area (Å²) in [5, 5.41) is 10.6. The molecule has 0 bridgehead atoms. The summed E-state index contributed by atoms with van der Waals surface area (Å²) >= 11 is 0. The zero-order valence-electron chi connectivity index (χ0n) is 15.3. The number of halogens is 3. The van der Waals surface area contributed by atoms with Gasteiger partial charge >= 0.3 is 6.18 Å². The molecule has 4 rings (SSSR count). The number of ether oxygens (including phenoxy) is 2. The second kappa shape index (κ2) is 7.64. The van der Waals surface area contributed by atoms with E-state index in [1.165, 1.54) is 18.2 Å². The molecule has 1 N–H and O–H groups in total. The van der Waals surface area contributed by atoms with Gasteiger partial charge in [-0.2, -0.15) is 13.2 Å². The molecule has 1 saturated heterocycles. The Balaban J connectivity index is 1.54. The number of fused-ring (bicyclic) bond motifs is 1. The predicted molar refractivity (Wildman–Crippen MR) is 97.4 cm³/mol. The molecule has 1 fully saturated rings. The van der Waals surface area contributed by atoms with Crippen molar-refractivity contribution in [3.05, 3.63) is 59.2 Å². The lowest BCUT2D eigenvalue weighted by atomic mass is 10.00. The molecule has 0 unspecified atom stereocenters. The van der Waals surface area contributed by atoms with E-state index in [1.54, 1.807) is 0 Å². The Morgan fingerprint density at radius 1 is 1.07 bits per heavy atom. The van der Waals surface area contributed by atoms with Crippen LogP contribution in [-0.4, -0.2) is 36.3 Å². The highest BCUT2D eigenvalue weighted by Gasteiger charge is 2.36. The Hall–Kier alpha value is -2.25. The second-order valence-corrected chi connectivity index (χ2v) is 7.16. The lowest BCUT2D eigenvalue weighted by Crippen LogP contribution is -2.29. The Kier molecular flexibility index (Phi) is 5.21. The summed E-state index contributed by atoms with van der Waals surface area (Å²) in [4.78, 5) is 2.04. The largest absolute Gasteiger partial charge is 0.486 e. The van der Waals surface area contributed by atoms with Crippen molar-refractivity contribution in [2.75, 3.05) is 26.3 Å². The summed E-state index contributed by atoms with van der Waals surface area (Å²) in [6, 6.07) is 11.0. The van der Waals surface area contributed by atoms with Gasteiger partial charge in [-0.15, -0.1) is 0 Å². The van der Waals surface area contributed by atoms with Crippen LogP contribution in [0.3, 0.4) is 0 Å². The molecule has 0 aromatic heterocycles. The molecule has 4 nitrogen and oxygen atoms in total. The smallest absolute Gasteiger partial charge is 0.416 e. The highest BCUT2D eigenvalue weighted by molar-refractivity contribution is 5.45. The molecular formula is C21H22F3NO3. The number of nitrogens with zero attached hydrogens (tertiary/aromatic N) is 1. The minimum absolute atomic E-state index is 0.0310. The normalized spacial score (nSPS) is 20.9. The molecule has 2 aromatic carbocycles. The van der Waals surface area contributed by atoms with E-state index in [1.807, 2.05) is 23.1 Å². The van der Waals surface area contributed by atoms with Crippen molar-refractivity contribution in [1.82, 2.24) is 4.90 Å². The fraction of sp³-hybridized carbons (Fsp3) is 0.429. The van der Waals surface area contributed by atoms with Gasteiger partial charge in [-0.25, -0.2) is 0 Å². The Morgan fingerprint density at radius 3 is 2.61 bits per heavy atom. The number of rotatable bonds is 4. The monoisotopic (exact) mass is 393 g/mol. The molecule has 7 heteroatoms. The van der Waals surface area contributed by atoms with Gasteiger partial charge in [0.15, 0.2) is 11.5 Å². The number of β-amino-alcohol motifs (C(OH)–C–C–N with tert-alkyl or cyclic N) is 1. The van der Waals surface area contributed by atoms with Crippen molar-refractivity contribution in [2.45, 2.75) is 31.2 Å². The molecule has 0 spiro atoms. The van der Waals surface area contributed by atoms with Gasteiger partial charge in [-0.3, -0.25) is 4.90 Å². The van der Waals surface area contributed by atoms with E-state index in [2.05, 4.69) is 0 Å². The lowest BCUT2D eigenvalue weighted by molar-refractivity contribution is -0.139. The van der Waals surface area contributed by atoms with Gasteiger partial charge in [0, 0.05) is 12.6 Å². The minimum Gasteiger partial charge on any atom is -0.486 e. The van der Waals surface area contributed by atoms with Gasteiger partial charge in [-0.1, -0.05) is 24.3 Å². The van der Waals surface area contributed by atoms with Crippen molar-refractivity contribution in [3.63, 3.8) is 0 Å². The van der Waals surface area contributed by atoms with Gasteiger partial charge in [0.25, 0.3) is 0 Å². The van der Waals surface area contributed by atoms with Crippen molar-refractivity contribution < 1.29 is 27.8 Å². The van der Waals surface area contributed by atoms with Crippen LogP contribution in [-0.2, 0) is 6.18 Å². The first-order valence-electron chi connectivity index (χ1n) is 9.41. The number of benzene rings is 2. The molecule has 28 heavy (non-hydrogen) atoms. The van der Waals surface area contributed by atoms with Crippen molar-refractivity contribution in [1.29, 1.82) is 0 Å².